The number of aromatic nitrogens is 1. The van der Waals surface area contributed by atoms with Gasteiger partial charge < -0.3 is 9.73 Å². The van der Waals surface area contributed by atoms with Gasteiger partial charge in [0.05, 0.1) is 22.2 Å². The van der Waals surface area contributed by atoms with Crippen molar-refractivity contribution >= 4 is 16.7 Å². The molecule has 0 aliphatic heterocycles. The van der Waals surface area contributed by atoms with Crippen LogP contribution in [0.2, 0.25) is 0 Å². The van der Waals surface area contributed by atoms with Crippen LogP contribution < -0.4 is 5.32 Å². The number of nitrogens with one attached hydrogen (secondary N) is 1. The lowest BCUT2D eigenvalue weighted by molar-refractivity contribution is 0.0933. The van der Waals surface area contributed by atoms with Gasteiger partial charge in [0.25, 0.3) is 5.91 Å². The van der Waals surface area contributed by atoms with Gasteiger partial charge in [-0.05, 0) is 63.1 Å². The zero-order chi connectivity index (χ0) is 22.5. The fourth-order valence-corrected chi connectivity index (χ4v) is 5.16. The Labute approximate surface area is 192 Å². The van der Waals surface area contributed by atoms with Gasteiger partial charge in [-0.15, -0.1) is 0 Å². The van der Waals surface area contributed by atoms with Crippen LogP contribution in [0.15, 0.2) is 57.8 Å². The molecule has 1 amide bonds. The van der Waals surface area contributed by atoms with Crippen LogP contribution in [0.1, 0.15) is 65.9 Å². The second-order valence-corrected chi connectivity index (χ2v) is 10.0. The topological polar surface area (TPSA) is 72.2 Å². The van der Waals surface area contributed by atoms with Gasteiger partial charge >= 0.3 is 0 Å². The monoisotopic (exact) mass is 450 g/mol. The summed E-state index contributed by atoms with van der Waals surface area (Å²) < 4.78 is 18.6. The van der Waals surface area contributed by atoms with Crippen molar-refractivity contribution in [2.75, 3.05) is 0 Å². The van der Waals surface area contributed by atoms with E-state index in [4.69, 9.17) is 4.42 Å². The Morgan fingerprint density at radius 2 is 1.66 bits per heavy atom. The number of nitrogens with zero attached hydrogens (tertiary/aromatic N) is 1. The maximum Gasteiger partial charge on any atom is 0.251 e. The molecule has 4 rings (SSSR count). The fourth-order valence-electron chi connectivity index (χ4n) is 4.04. The Morgan fingerprint density at radius 3 is 2.31 bits per heavy atom. The van der Waals surface area contributed by atoms with Crippen LogP contribution in [0, 0.1) is 13.8 Å². The Bertz CT molecular complexity index is 1080. The van der Waals surface area contributed by atoms with E-state index in [1.165, 1.54) is 25.7 Å². The first-order valence-corrected chi connectivity index (χ1v) is 12.6. The number of aryl methyl sites for hydroxylation is 2. The molecule has 0 unspecified atom stereocenters. The van der Waals surface area contributed by atoms with Crippen molar-refractivity contribution < 1.29 is 13.4 Å². The van der Waals surface area contributed by atoms with Gasteiger partial charge in [-0.1, -0.05) is 43.4 Å². The summed E-state index contributed by atoms with van der Waals surface area (Å²) in [5, 5.41) is 3.18. The number of hydrogen-bond acceptors (Lipinski definition) is 4. The highest BCUT2D eigenvalue weighted by molar-refractivity contribution is 7.84. The van der Waals surface area contributed by atoms with Crippen LogP contribution in [0.5, 0.6) is 0 Å². The summed E-state index contributed by atoms with van der Waals surface area (Å²) in [7, 11) is -1.19. The Balaban J connectivity index is 1.42. The van der Waals surface area contributed by atoms with E-state index in [1.54, 1.807) is 0 Å². The second kappa shape index (κ2) is 10.3. The van der Waals surface area contributed by atoms with Crippen molar-refractivity contribution in [2.24, 2.45) is 0 Å². The number of amides is 1. The van der Waals surface area contributed by atoms with Crippen LogP contribution in [0.25, 0.3) is 11.5 Å². The third-order valence-electron chi connectivity index (χ3n) is 6.03. The molecule has 2 aromatic carbocycles. The highest BCUT2D eigenvalue weighted by Gasteiger charge is 2.18. The number of benzene rings is 2. The molecule has 32 heavy (non-hydrogen) atoms. The summed E-state index contributed by atoms with van der Waals surface area (Å²) in [4.78, 5) is 18.0. The molecule has 1 fully saturated rings. The van der Waals surface area contributed by atoms with Crippen LogP contribution in [0.3, 0.4) is 0 Å². The van der Waals surface area contributed by atoms with E-state index >= 15 is 0 Å². The molecule has 6 heteroatoms. The van der Waals surface area contributed by atoms with Gasteiger partial charge in [0.2, 0.25) is 5.89 Å². The van der Waals surface area contributed by atoms with Crippen LogP contribution in [0.4, 0.5) is 0 Å². The van der Waals surface area contributed by atoms with E-state index in [0.717, 1.165) is 28.9 Å². The van der Waals surface area contributed by atoms with Gasteiger partial charge in [0.15, 0.2) is 0 Å². The molecule has 5 nitrogen and oxygen atoms in total. The quantitative estimate of drug-likeness (QED) is 0.488. The van der Waals surface area contributed by atoms with Crippen LogP contribution in [-0.4, -0.2) is 21.1 Å². The fraction of sp³-hybridized carbons (Fsp3) is 0.385. The third-order valence-corrected chi connectivity index (χ3v) is 7.36. The van der Waals surface area contributed by atoms with Crippen molar-refractivity contribution in [3.8, 4) is 11.5 Å². The minimum absolute atomic E-state index is 0.0266. The summed E-state index contributed by atoms with van der Waals surface area (Å²) in [5.41, 5.74) is 3.26. The van der Waals surface area contributed by atoms with E-state index in [1.807, 2.05) is 62.4 Å². The minimum Gasteiger partial charge on any atom is -0.441 e. The number of hydrogen-bond donors (Lipinski definition) is 1. The molecule has 1 saturated carbocycles. The van der Waals surface area contributed by atoms with E-state index in [2.05, 4.69) is 10.3 Å². The van der Waals surface area contributed by atoms with Gasteiger partial charge in [-0.3, -0.25) is 9.00 Å². The molecule has 1 N–H and O–H groups in total. The molecule has 0 spiro atoms. The van der Waals surface area contributed by atoms with Gasteiger partial charge in [0, 0.05) is 22.1 Å². The Kier molecular flexibility index (Phi) is 7.20. The van der Waals surface area contributed by atoms with Crippen molar-refractivity contribution in [1.29, 1.82) is 0 Å². The molecule has 3 aromatic rings. The van der Waals surface area contributed by atoms with Crippen molar-refractivity contribution in [1.82, 2.24) is 10.3 Å². The maximum atomic E-state index is 12.7. The summed E-state index contributed by atoms with van der Waals surface area (Å²) in [5.74, 6) is 1.42. The SMILES string of the molecule is Cc1ccc([S@](=O)Cc2nc(-c3ccc(C(=O)NC4CCCCCC4)cc3)oc2C)cc1. The minimum atomic E-state index is -1.19. The first-order chi connectivity index (χ1) is 15.5. The molecule has 0 bridgehead atoms. The lowest BCUT2D eigenvalue weighted by atomic mass is 10.1. The van der Waals surface area contributed by atoms with E-state index in [0.29, 0.717) is 28.7 Å². The van der Waals surface area contributed by atoms with Gasteiger partial charge in [0.1, 0.15) is 5.76 Å². The summed E-state index contributed by atoms with van der Waals surface area (Å²) >= 11 is 0. The van der Waals surface area contributed by atoms with Crippen molar-refractivity contribution in [2.45, 2.75) is 69.1 Å². The first-order valence-electron chi connectivity index (χ1n) is 11.3. The molecule has 0 saturated heterocycles. The molecular weight excluding hydrogens is 420 g/mol. The number of rotatable bonds is 6. The second-order valence-electron chi connectivity index (χ2n) is 8.56. The number of carbonyl (C=O) groups is 1. The largest absolute Gasteiger partial charge is 0.441 e. The summed E-state index contributed by atoms with van der Waals surface area (Å²) in [6, 6.07) is 15.3. The van der Waals surface area contributed by atoms with E-state index < -0.39 is 10.8 Å². The molecule has 1 heterocycles. The summed E-state index contributed by atoms with van der Waals surface area (Å²) in [6.07, 6.45) is 7.02. The molecule has 1 aromatic heterocycles. The number of oxazole rings is 1. The van der Waals surface area contributed by atoms with E-state index in [-0.39, 0.29) is 11.9 Å². The lowest BCUT2D eigenvalue weighted by Gasteiger charge is -2.16. The average molecular weight is 451 g/mol. The van der Waals surface area contributed by atoms with Crippen molar-refractivity contribution in [3.05, 3.63) is 71.1 Å². The van der Waals surface area contributed by atoms with Gasteiger partial charge in [-0.25, -0.2) is 4.98 Å². The third kappa shape index (κ3) is 5.54. The molecule has 0 radical (unpaired) electrons. The first kappa shape index (κ1) is 22.5. The predicted octanol–water partition coefficient (Wildman–Crippen LogP) is 5.72. The van der Waals surface area contributed by atoms with Crippen LogP contribution >= 0.6 is 0 Å². The average Bonchev–Trinajstić information content (AvgIpc) is 2.98. The smallest absolute Gasteiger partial charge is 0.251 e. The van der Waals surface area contributed by atoms with Crippen molar-refractivity contribution in [3.63, 3.8) is 0 Å². The molecule has 1 aliphatic rings. The maximum absolute atomic E-state index is 12.7. The lowest BCUT2D eigenvalue weighted by Crippen LogP contribution is -2.34. The summed E-state index contributed by atoms with van der Waals surface area (Å²) in [6.45, 7) is 3.85. The predicted molar refractivity (Wildman–Crippen MR) is 127 cm³/mol. The molecule has 168 valence electrons. The van der Waals surface area contributed by atoms with Crippen LogP contribution in [-0.2, 0) is 16.6 Å². The van der Waals surface area contributed by atoms with E-state index in [9.17, 15) is 9.00 Å². The highest BCUT2D eigenvalue weighted by Crippen LogP contribution is 2.24. The normalized spacial score (nSPS) is 15.8. The molecular formula is C26H30N2O3S. The Morgan fingerprint density at radius 1 is 1.00 bits per heavy atom. The molecule has 1 aliphatic carbocycles. The number of carbonyl (C=O) groups excluding carboxylic acids is 1. The zero-order valence-corrected chi connectivity index (χ0v) is 19.5. The zero-order valence-electron chi connectivity index (χ0n) is 18.7. The standard InChI is InChI=1S/C26H30N2O3S/c1-18-9-15-23(16-10-18)32(30)17-24-19(2)31-26(28-24)21-13-11-20(12-14-21)25(29)27-22-7-5-3-4-6-8-22/h9-16,22H,3-8,17H2,1-2H3,(H,27,29)/t32-/m1/s1. The molecule has 1 atom stereocenters. The Hall–Kier alpha value is -2.73. The highest BCUT2D eigenvalue weighted by atomic mass is 32.2. The van der Waals surface area contributed by atoms with Gasteiger partial charge in [-0.2, -0.15) is 0 Å².